The average Bonchev–Trinajstić information content (AvgIpc) is 2.87. The van der Waals surface area contributed by atoms with Crippen LogP contribution < -0.4 is 5.32 Å². The first-order valence-corrected chi connectivity index (χ1v) is 7.99. The van der Waals surface area contributed by atoms with E-state index in [9.17, 15) is 0 Å². The number of aryl methyl sites for hydroxylation is 2. The number of thioether (sulfide) groups is 1. The number of hydrogen-bond donors (Lipinski definition) is 1. The molecule has 0 aromatic carbocycles. The van der Waals surface area contributed by atoms with Crippen molar-refractivity contribution in [2.45, 2.75) is 32.3 Å². The predicted molar refractivity (Wildman–Crippen MR) is 83.9 cm³/mol. The minimum Gasteiger partial charge on any atom is -0.370 e. The number of hydrogen-bond acceptors (Lipinski definition) is 5. The van der Waals surface area contributed by atoms with Gasteiger partial charge in [-0.1, -0.05) is 6.07 Å². The van der Waals surface area contributed by atoms with Gasteiger partial charge in [-0.15, -0.1) is 0 Å². The molecular formula is C15H18N4S. The highest BCUT2D eigenvalue weighted by Crippen LogP contribution is 2.34. The maximum atomic E-state index is 4.72. The maximum Gasteiger partial charge on any atom is 0.180 e. The Morgan fingerprint density at radius 2 is 2.10 bits per heavy atom. The summed E-state index contributed by atoms with van der Waals surface area (Å²) >= 11 is 1.89. The van der Waals surface area contributed by atoms with Crippen LogP contribution in [0.3, 0.4) is 0 Å². The Kier molecular flexibility index (Phi) is 3.61. The molecule has 104 valence electrons. The normalized spacial score (nSPS) is 13.3. The minimum absolute atomic E-state index is 0.736. The van der Waals surface area contributed by atoms with Crippen LogP contribution in [0.4, 0.5) is 5.82 Å². The second-order valence-corrected chi connectivity index (χ2v) is 6.01. The van der Waals surface area contributed by atoms with E-state index in [1.54, 1.807) is 0 Å². The van der Waals surface area contributed by atoms with Gasteiger partial charge < -0.3 is 5.32 Å². The molecule has 0 spiro atoms. The molecule has 0 aliphatic carbocycles. The van der Waals surface area contributed by atoms with Crippen molar-refractivity contribution in [3.8, 4) is 11.5 Å². The molecule has 0 saturated carbocycles. The molecular weight excluding hydrogens is 268 g/mol. The third kappa shape index (κ3) is 2.38. The fraction of sp³-hybridized carbons (Fsp3) is 0.400. The van der Waals surface area contributed by atoms with Crippen LogP contribution in [0.25, 0.3) is 11.5 Å². The van der Waals surface area contributed by atoms with Crippen LogP contribution in [0, 0.1) is 13.8 Å². The van der Waals surface area contributed by atoms with Gasteiger partial charge in [-0.3, -0.25) is 4.98 Å². The molecule has 0 fully saturated rings. The van der Waals surface area contributed by atoms with Gasteiger partial charge in [0.25, 0.3) is 0 Å². The maximum absolute atomic E-state index is 4.72. The zero-order chi connectivity index (χ0) is 14.1. The summed E-state index contributed by atoms with van der Waals surface area (Å²) in [6, 6.07) is 2.13. The van der Waals surface area contributed by atoms with Crippen LogP contribution in [-0.4, -0.2) is 21.5 Å². The van der Waals surface area contributed by atoms with Crippen LogP contribution >= 0.6 is 11.8 Å². The molecule has 5 heteroatoms. The molecule has 0 atom stereocenters. The van der Waals surface area contributed by atoms with Crippen LogP contribution in [0.5, 0.6) is 0 Å². The molecule has 0 amide bonds. The summed E-state index contributed by atoms with van der Waals surface area (Å²) in [4.78, 5) is 13.9. The van der Waals surface area contributed by atoms with Crippen molar-refractivity contribution < 1.29 is 0 Å². The van der Waals surface area contributed by atoms with Gasteiger partial charge in [-0.25, -0.2) is 9.97 Å². The molecule has 0 radical (unpaired) electrons. The fourth-order valence-electron chi connectivity index (χ4n) is 2.42. The number of nitrogens with zero attached hydrogens (tertiary/aromatic N) is 3. The number of rotatable bonds is 3. The lowest BCUT2D eigenvalue weighted by molar-refractivity contribution is 1.03. The summed E-state index contributed by atoms with van der Waals surface area (Å²) in [5.74, 6) is 3.67. The predicted octanol–water partition coefficient (Wildman–Crippen LogP) is 3.33. The zero-order valence-corrected chi connectivity index (χ0v) is 12.8. The first-order chi connectivity index (χ1) is 9.69. The first-order valence-electron chi connectivity index (χ1n) is 6.84. The molecule has 1 N–H and O–H groups in total. The molecule has 2 aromatic heterocycles. The van der Waals surface area contributed by atoms with Gasteiger partial charge in [0.1, 0.15) is 11.5 Å². The summed E-state index contributed by atoms with van der Waals surface area (Å²) in [6.07, 6.45) is 1.88. The monoisotopic (exact) mass is 286 g/mol. The standard InChI is InChI=1S/C15H18N4S/c1-4-16-14-11-7-20-8-12(11)18-15(19-14)13-10(3)5-9(2)6-17-13/h5-6H,4,7-8H2,1-3H3,(H,16,18,19). The van der Waals surface area contributed by atoms with E-state index in [4.69, 9.17) is 9.97 Å². The second-order valence-electron chi connectivity index (χ2n) is 5.02. The van der Waals surface area contributed by atoms with E-state index >= 15 is 0 Å². The molecule has 0 unspecified atom stereocenters. The van der Waals surface area contributed by atoms with Crippen molar-refractivity contribution in [3.63, 3.8) is 0 Å². The summed E-state index contributed by atoms with van der Waals surface area (Å²) < 4.78 is 0. The average molecular weight is 286 g/mol. The van der Waals surface area contributed by atoms with Gasteiger partial charge in [0.2, 0.25) is 0 Å². The summed E-state index contributed by atoms with van der Waals surface area (Å²) in [5, 5.41) is 3.36. The lowest BCUT2D eigenvalue weighted by Gasteiger charge is -2.11. The smallest absolute Gasteiger partial charge is 0.180 e. The lowest BCUT2D eigenvalue weighted by atomic mass is 10.1. The van der Waals surface area contributed by atoms with Gasteiger partial charge in [-0.05, 0) is 31.9 Å². The van der Waals surface area contributed by atoms with Crippen molar-refractivity contribution in [2.24, 2.45) is 0 Å². The molecule has 3 heterocycles. The SMILES string of the molecule is CCNc1nc(-c2ncc(C)cc2C)nc2c1CSC2. The summed E-state index contributed by atoms with van der Waals surface area (Å²) in [7, 11) is 0. The van der Waals surface area contributed by atoms with E-state index in [2.05, 4.69) is 30.2 Å². The molecule has 20 heavy (non-hydrogen) atoms. The number of nitrogens with one attached hydrogen (secondary N) is 1. The highest BCUT2D eigenvalue weighted by atomic mass is 32.2. The van der Waals surface area contributed by atoms with Gasteiger partial charge in [-0.2, -0.15) is 11.8 Å². The van der Waals surface area contributed by atoms with Gasteiger partial charge >= 0.3 is 0 Å². The number of pyridine rings is 1. The van der Waals surface area contributed by atoms with Crippen molar-refractivity contribution >= 4 is 17.6 Å². The minimum atomic E-state index is 0.736. The van der Waals surface area contributed by atoms with E-state index in [1.807, 2.05) is 24.9 Å². The van der Waals surface area contributed by atoms with Gasteiger partial charge in [0.05, 0.1) is 5.69 Å². The van der Waals surface area contributed by atoms with Crippen LogP contribution in [0.2, 0.25) is 0 Å². The number of aromatic nitrogens is 3. The third-order valence-corrected chi connectivity index (χ3v) is 4.32. The van der Waals surface area contributed by atoms with E-state index < -0.39 is 0 Å². The third-order valence-electron chi connectivity index (χ3n) is 3.35. The van der Waals surface area contributed by atoms with Crippen molar-refractivity contribution in [1.29, 1.82) is 0 Å². The number of anilines is 1. The van der Waals surface area contributed by atoms with Gasteiger partial charge in [0, 0.05) is 29.8 Å². The Balaban J connectivity index is 2.12. The number of fused-ring (bicyclic) bond motifs is 1. The Hall–Kier alpha value is -1.62. The Labute approximate surface area is 123 Å². The Morgan fingerprint density at radius 3 is 2.85 bits per heavy atom. The van der Waals surface area contributed by atoms with Crippen LogP contribution in [-0.2, 0) is 11.5 Å². The van der Waals surface area contributed by atoms with Crippen LogP contribution in [0.1, 0.15) is 29.3 Å². The van der Waals surface area contributed by atoms with Crippen molar-refractivity contribution in [1.82, 2.24) is 15.0 Å². The highest BCUT2D eigenvalue weighted by Gasteiger charge is 2.21. The van der Waals surface area contributed by atoms with E-state index in [1.165, 1.54) is 5.56 Å². The van der Waals surface area contributed by atoms with E-state index in [-0.39, 0.29) is 0 Å². The molecule has 0 saturated heterocycles. The molecule has 1 aliphatic rings. The largest absolute Gasteiger partial charge is 0.370 e. The van der Waals surface area contributed by atoms with E-state index in [0.717, 1.165) is 52.2 Å². The topological polar surface area (TPSA) is 50.7 Å². The quantitative estimate of drug-likeness (QED) is 0.938. The molecule has 2 aromatic rings. The Bertz CT molecular complexity index is 655. The van der Waals surface area contributed by atoms with Crippen LogP contribution in [0.15, 0.2) is 12.3 Å². The Morgan fingerprint density at radius 1 is 1.25 bits per heavy atom. The summed E-state index contributed by atoms with van der Waals surface area (Å²) in [5.41, 5.74) is 5.57. The summed E-state index contributed by atoms with van der Waals surface area (Å²) in [6.45, 7) is 7.07. The molecule has 4 nitrogen and oxygen atoms in total. The highest BCUT2D eigenvalue weighted by molar-refractivity contribution is 7.98. The molecule has 1 aliphatic heterocycles. The van der Waals surface area contributed by atoms with Crippen molar-refractivity contribution in [2.75, 3.05) is 11.9 Å². The lowest BCUT2D eigenvalue weighted by Crippen LogP contribution is -2.07. The zero-order valence-electron chi connectivity index (χ0n) is 12.0. The first kappa shape index (κ1) is 13.4. The van der Waals surface area contributed by atoms with Gasteiger partial charge in [0.15, 0.2) is 5.82 Å². The van der Waals surface area contributed by atoms with E-state index in [0.29, 0.717) is 0 Å². The molecule has 0 bridgehead atoms. The molecule has 3 rings (SSSR count). The van der Waals surface area contributed by atoms with Crippen molar-refractivity contribution in [3.05, 3.63) is 34.6 Å². The second kappa shape index (κ2) is 5.40. The fourth-order valence-corrected chi connectivity index (χ4v) is 3.46.